The van der Waals surface area contributed by atoms with Crippen LogP contribution in [0.15, 0.2) is 48.5 Å². The van der Waals surface area contributed by atoms with E-state index in [0.29, 0.717) is 42.3 Å². The fourth-order valence-electron chi connectivity index (χ4n) is 4.30. The number of hydrogen-bond acceptors (Lipinski definition) is 8. The molecule has 2 N–H and O–H groups in total. The molecule has 0 aliphatic carbocycles. The van der Waals surface area contributed by atoms with E-state index >= 15 is 0 Å². The lowest BCUT2D eigenvalue weighted by Gasteiger charge is -2.28. The van der Waals surface area contributed by atoms with Gasteiger partial charge in [0.25, 0.3) is 0 Å². The molecule has 2 aromatic carbocycles. The van der Waals surface area contributed by atoms with E-state index in [1.54, 1.807) is 12.1 Å². The van der Waals surface area contributed by atoms with Crippen molar-refractivity contribution in [3.63, 3.8) is 0 Å². The Labute approximate surface area is 215 Å². The van der Waals surface area contributed by atoms with Gasteiger partial charge in [0.1, 0.15) is 5.82 Å². The van der Waals surface area contributed by atoms with Crippen LogP contribution in [0.25, 0.3) is 11.4 Å². The van der Waals surface area contributed by atoms with E-state index in [1.165, 1.54) is 24.3 Å². The Morgan fingerprint density at radius 2 is 1.38 bits per heavy atom. The zero-order valence-corrected chi connectivity index (χ0v) is 20.9. The molecule has 2 amide bonds. The van der Waals surface area contributed by atoms with Gasteiger partial charge in [-0.25, -0.2) is 9.18 Å². The van der Waals surface area contributed by atoms with Crippen LogP contribution in [-0.4, -0.2) is 85.4 Å². The molecule has 0 bridgehead atoms. The molecule has 0 radical (unpaired) electrons. The maximum Gasteiger partial charge on any atom is 0.323 e. The Hall–Kier alpha value is -3.83. The summed E-state index contributed by atoms with van der Waals surface area (Å²) in [5, 5.41) is 5.47. The van der Waals surface area contributed by atoms with Gasteiger partial charge in [-0.15, -0.1) is 0 Å². The van der Waals surface area contributed by atoms with Crippen LogP contribution >= 0.6 is 0 Å². The van der Waals surface area contributed by atoms with E-state index < -0.39 is 6.03 Å². The van der Waals surface area contributed by atoms with Gasteiger partial charge in [-0.3, -0.25) is 0 Å². The highest BCUT2D eigenvalue weighted by Crippen LogP contribution is 2.24. The molecule has 194 valence electrons. The smallest absolute Gasteiger partial charge is 0.323 e. The summed E-state index contributed by atoms with van der Waals surface area (Å²) in [7, 11) is 2.14. The summed E-state index contributed by atoms with van der Waals surface area (Å²) in [5.74, 6) is 1.57. The summed E-state index contributed by atoms with van der Waals surface area (Å²) in [6.07, 6.45) is 1.05. The van der Waals surface area contributed by atoms with E-state index in [2.05, 4.69) is 32.4 Å². The van der Waals surface area contributed by atoms with E-state index in [4.69, 9.17) is 19.7 Å². The lowest BCUT2D eigenvalue weighted by atomic mass is 10.2. The number of anilines is 4. The lowest BCUT2D eigenvalue weighted by Crippen LogP contribution is -2.38. The summed E-state index contributed by atoms with van der Waals surface area (Å²) in [5.41, 5.74) is 1.94. The zero-order valence-electron chi connectivity index (χ0n) is 20.9. The van der Waals surface area contributed by atoms with Gasteiger partial charge in [-0.05, 0) is 68.5 Å². The first-order chi connectivity index (χ1) is 18.0. The molecular weight excluding hydrogens is 475 g/mol. The topological polar surface area (TPSA) is 98.8 Å². The summed E-state index contributed by atoms with van der Waals surface area (Å²) in [6, 6.07) is 12.6. The Kier molecular flexibility index (Phi) is 7.71. The normalized spacial score (nSPS) is 16.8. The molecule has 11 heteroatoms. The minimum Gasteiger partial charge on any atom is -0.378 e. The van der Waals surface area contributed by atoms with Gasteiger partial charge in [0.2, 0.25) is 11.9 Å². The average Bonchev–Trinajstić information content (AvgIpc) is 3.15. The number of hydrogen-bond donors (Lipinski definition) is 2. The van der Waals surface area contributed by atoms with E-state index in [9.17, 15) is 9.18 Å². The molecule has 2 aliphatic heterocycles. The van der Waals surface area contributed by atoms with Crippen molar-refractivity contribution in [1.29, 1.82) is 0 Å². The van der Waals surface area contributed by atoms with Crippen LogP contribution < -0.4 is 20.4 Å². The zero-order chi connectivity index (χ0) is 25.6. The molecule has 37 heavy (non-hydrogen) atoms. The van der Waals surface area contributed by atoms with E-state index in [1.807, 2.05) is 12.1 Å². The van der Waals surface area contributed by atoms with Gasteiger partial charge >= 0.3 is 6.03 Å². The Morgan fingerprint density at radius 3 is 2.03 bits per heavy atom. The second kappa shape index (κ2) is 11.5. The molecule has 2 saturated heterocycles. The number of aromatic nitrogens is 3. The predicted molar refractivity (Wildman–Crippen MR) is 142 cm³/mol. The summed E-state index contributed by atoms with van der Waals surface area (Å²) in [4.78, 5) is 33.5. The maximum absolute atomic E-state index is 13.1. The number of urea groups is 1. The molecule has 0 saturated carbocycles. The second-order valence-corrected chi connectivity index (χ2v) is 9.17. The number of ether oxygens (including phenoxy) is 1. The number of nitrogens with zero attached hydrogens (tertiary/aromatic N) is 6. The highest BCUT2D eigenvalue weighted by Gasteiger charge is 2.21. The first-order valence-corrected chi connectivity index (χ1v) is 12.5. The first kappa shape index (κ1) is 24.8. The quantitative estimate of drug-likeness (QED) is 0.544. The van der Waals surface area contributed by atoms with E-state index in [0.717, 1.165) is 51.3 Å². The van der Waals surface area contributed by atoms with Crippen LogP contribution in [0.4, 0.5) is 32.5 Å². The van der Waals surface area contributed by atoms with Gasteiger partial charge in [0, 0.05) is 49.7 Å². The molecular formula is C26H31FN8O2. The number of halogens is 1. The number of benzene rings is 2. The molecule has 3 aromatic rings. The van der Waals surface area contributed by atoms with Gasteiger partial charge in [0.05, 0.1) is 13.2 Å². The molecule has 10 nitrogen and oxygen atoms in total. The van der Waals surface area contributed by atoms with Crippen molar-refractivity contribution < 1.29 is 13.9 Å². The van der Waals surface area contributed by atoms with Crippen molar-refractivity contribution in [2.45, 2.75) is 6.42 Å². The molecule has 0 unspecified atom stereocenters. The van der Waals surface area contributed by atoms with Crippen molar-refractivity contribution in [1.82, 2.24) is 19.9 Å². The van der Waals surface area contributed by atoms with Crippen molar-refractivity contribution in [3.05, 3.63) is 54.3 Å². The minimum atomic E-state index is -0.414. The van der Waals surface area contributed by atoms with Crippen molar-refractivity contribution in [2.24, 2.45) is 0 Å². The molecule has 0 atom stereocenters. The second-order valence-electron chi connectivity index (χ2n) is 9.17. The van der Waals surface area contributed by atoms with Gasteiger partial charge in [0.15, 0.2) is 5.82 Å². The predicted octanol–water partition coefficient (Wildman–Crippen LogP) is 3.30. The van der Waals surface area contributed by atoms with E-state index in [-0.39, 0.29) is 5.82 Å². The fourth-order valence-corrected chi connectivity index (χ4v) is 4.30. The van der Waals surface area contributed by atoms with Crippen LogP contribution in [0.3, 0.4) is 0 Å². The average molecular weight is 507 g/mol. The van der Waals surface area contributed by atoms with Gasteiger partial charge < -0.3 is 30.1 Å². The number of rotatable bonds is 5. The first-order valence-electron chi connectivity index (χ1n) is 12.5. The van der Waals surface area contributed by atoms with Crippen LogP contribution in [-0.2, 0) is 4.74 Å². The van der Waals surface area contributed by atoms with Crippen molar-refractivity contribution in [2.75, 3.05) is 80.0 Å². The van der Waals surface area contributed by atoms with Crippen LogP contribution in [0.5, 0.6) is 0 Å². The Bertz CT molecular complexity index is 1200. The van der Waals surface area contributed by atoms with Crippen LogP contribution in [0.2, 0.25) is 0 Å². The largest absolute Gasteiger partial charge is 0.378 e. The highest BCUT2D eigenvalue weighted by atomic mass is 19.1. The number of nitrogens with one attached hydrogen (secondary N) is 2. The minimum absolute atomic E-state index is 0.358. The van der Waals surface area contributed by atoms with Crippen LogP contribution in [0, 0.1) is 5.82 Å². The lowest BCUT2D eigenvalue weighted by molar-refractivity contribution is 0.122. The van der Waals surface area contributed by atoms with Gasteiger partial charge in [-0.1, -0.05) is 0 Å². The summed E-state index contributed by atoms with van der Waals surface area (Å²) in [6.45, 7) is 6.50. The SMILES string of the molecule is CN1CCCN(c2nc(-c3ccc(NC(=O)Nc4ccc(F)cc4)cc3)nc(N3CCOCC3)n2)CC1. The monoisotopic (exact) mass is 506 g/mol. The van der Waals surface area contributed by atoms with Crippen molar-refractivity contribution >= 4 is 29.3 Å². The number of carbonyl (C=O) groups is 1. The number of morpholine rings is 1. The molecule has 2 aliphatic rings. The van der Waals surface area contributed by atoms with Crippen molar-refractivity contribution in [3.8, 4) is 11.4 Å². The molecule has 3 heterocycles. The summed E-state index contributed by atoms with van der Waals surface area (Å²) >= 11 is 0. The Morgan fingerprint density at radius 1 is 0.784 bits per heavy atom. The molecule has 2 fully saturated rings. The third kappa shape index (κ3) is 6.49. The maximum atomic E-state index is 13.1. The Balaban J connectivity index is 1.35. The number of carbonyl (C=O) groups excluding carboxylic acids is 1. The summed E-state index contributed by atoms with van der Waals surface area (Å²) < 4.78 is 18.6. The highest BCUT2D eigenvalue weighted by molar-refractivity contribution is 5.99. The fraction of sp³-hybridized carbons (Fsp3) is 0.385. The molecule has 1 aromatic heterocycles. The van der Waals surface area contributed by atoms with Gasteiger partial charge in [-0.2, -0.15) is 15.0 Å². The number of likely N-dealkylation sites (N-methyl/N-ethyl adjacent to an activating group) is 1. The van der Waals surface area contributed by atoms with Crippen LogP contribution in [0.1, 0.15) is 6.42 Å². The number of amides is 2. The molecule has 0 spiro atoms. The standard InChI is InChI=1S/C26H31FN8O2/c1-33-11-2-12-34(14-13-33)24-30-23(31-25(32-24)35-15-17-37-18-16-35)19-3-7-21(8-4-19)28-26(36)29-22-9-5-20(27)6-10-22/h3-10H,2,11-18H2,1H3,(H2,28,29,36). The third-order valence-corrected chi connectivity index (χ3v) is 6.41. The molecule has 5 rings (SSSR count). The third-order valence-electron chi connectivity index (χ3n) is 6.41.